The van der Waals surface area contributed by atoms with E-state index in [-0.39, 0.29) is 0 Å². The van der Waals surface area contributed by atoms with Crippen molar-refractivity contribution >= 4 is 11.3 Å². The molecule has 1 heterocycles. The molecule has 0 atom stereocenters. The van der Waals surface area contributed by atoms with Gasteiger partial charge in [-0.3, -0.25) is 0 Å². The maximum atomic E-state index is 5.48. The van der Waals surface area contributed by atoms with Crippen molar-refractivity contribution in [3.8, 4) is 5.75 Å². The molecule has 0 fully saturated rings. The van der Waals surface area contributed by atoms with Crippen LogP contribution in [0.25, 0.3) is 0 Å². The third kappa shape index (κ3) is 2.50. The molecule has 0 N–H and O–H groups in total. The summed E-state index contributed by atoms with van der Waals surface area (Å²) in [5, 5.41) is 0. The van der Waals surface area contributed by atoms with Gasteiger partial charge in [0.1, 0.15) is 12.4 Å². The highest BCUT2D eigenvalue weighted by atomic mass is 32.1. The van der Waals surface area contributed by atoms with Crippen LogP contribution >= 0.6 is 11.3 Å². The molecule has 12 heavy (non-hydrogen) atoms. The van der Waals surface area contributed by atoms with E-state index in [0.717, 1.165) is 5.75 Å². The van der Waals surface area contributed by atoms with Gasteiger partial charge in [0.2, 0.25) is 0 Å². The first-order valence-corrected chi connectivity index (χ1v) is 4.74. The normalized spacial score (nSPS) is 10.2. The van der Waals surface area contributed by atoms with Crippen molar-refractivity contribution in [1.82, 2.24) is 0 Å². The first kappa shape index (κ1) is 9.55. The molecule has 0 saturated carbocycles. The summed E-state index contributed by atoms with van der Waals surface area (Å²) >= 11 is 1.76. The highest BCUT2D eigenvalue weighted by Gasteiger charge is 2.02. The van der Waals surface area contributed by atoms with Gasteiger partial charge in [-0.05, 0) is 19.9 Å². The number of hydrogen-bond acceptors (Lipinski definition) is 3. The predicted octanol–water partition coefficient (Wildman–Crippen LogP) is 2.39. The molecule has 2 nitrogen and oxygen atoms in total. The largest absolute Gasteiger partial charge is 0.490 e. The summed E-state index contributed by atoms with van der Waals surface area (Å²) in [6, 6.07) is 2.07. The van der Waals surface area contributed by atoms with E-state index in [1.807, 2.05) is 0 Å². The predicted molar refractivity (Wildman–Crippen MR) is 51.2 cm³/mol. The topological polar surface area (TPSA) is 18.5 Å². The Bertz CT molecular complexity index is 243. The van der Waals surface area contributed by atoms with Crippen LogP contribution in [-0.4, -0.2) is 20.3 Å². The highest BCUT2D eigenvalue weighted by Crippen LogP contribution is 2.27. The van der Waals surface area contributed by atoms with Crippen molar-refractivity contribution in [3.63, 3.8) is 0 Å². The average Bonchev–Trinajstić information content (AvgIpc) is 2.31. The van der Waals surface area contributed by atoms with E-state index >= 15 is 0 Å². The van der Waals surface area contributed by atoms with E-state index in [4.69, 9.17) is 9.47 Å². The summed E-state index contributed by atoms with van der Waals surface area (Å²) in [6.45, 7) is 5.43. The minimum atomic E-state index is 0.632. The molecule has 0 radical (unpaired) electrons. The molecule has 0 aliphatic heterocycles. The second kappa shape index (κ2) is 4.48. The van der Waals surface area contributed by atoms with E-state index in [2.05, 4.69) is 19.9 Å². The molecule has 0 bridgehead atoms. The molecule has 0 aliphatic rings. The molecule has 0 unspecified atom stereocenters. The Labute approximate surface area is 77.1 Å². The van der Waals surface area contributed by atoms with Crippen LogP contribution in [-0.2, 0) is 4.74 Å². The van der Waals surface area contributed by atoms with Crippen molar-refractivity contribution in [2.75, 3.05) is 20.3 Å². The standard InChI is InChI=1S/C9H14O2S/c1-7-6-9(8(2)12-7)11-5-4-10-3/h6H,4-5H2,1-3H3. The van der Waals surface area contributed by atoms with Gasteiger partial charge >= 0.3 is 0 Å². The van der Waals surface area contributed by atoms with E-state index in [0.29, 0.717) is 13.2 Å². The first-order chi connectivity index (χ1) is 5.74. The van der Waals surface area contributed by atoms with Gasteiger partial charge in [0.05, 0.1) is 6.61 Å². The lowest BCUT2D eigenvalue weighted by Gasteiger charge is -2.03. The summed E-state index contributed by atoms with van der Waals surface area (Å²) in [5.41, 5.74) is 0. The van der Waals surface area contributed by atoms with Gasteiger partial charge < -0.3 is 9.47 Å². The molecule has 0 aromatic carbocycles. The zero-order valence-corrected chi connectivity index (χ0v) is 8.53. The van der Waals surface area contributed by atoms with Gasteiger partial charge in [-0.15, -0.1) is 11.3 Å². The summed E-state index contributed by atoms with van der Waals surface area (Å²) < 4.78 is 10.4. The van der Waals surface area contributed by atoms with Crippen molar-refractivity contribution in [2.45, 2.75) is 13.8 Å². The molecule has 0 amide bonds. The summed E-state index contributed by atoms with van der Waals surface area (Å²) in [7, 11) is 1.68. The molecule has 0 spiro atoms. The average molecular weight is 186 g/mol. The Kier molecular flexibility index (Phi) is 3.56. The zero-order valence-electron chi connectivity index (χ0n) is 7.72. The van der Waals surface area contributed by atoms with Crippen molar-refractivity contribution < 1.29 is 9.47 Å². The fourth-order valence-electron chi connectivity index (χ4n) is 0.986. The quantitative estimate of drug-likeness (QED) is 0.672. The maximum Gasteiger partial charge on any atom is 0.133 e. The highest BCUT2D eigenvalue weighted by molar-refractivity contribution is 7.12. The van der Waals surface area contributed by atoms with Gasteiger partial charge in [-0.2, -0.15) is 0 Å². The van der Waals surface area contributed by atoms with Gasteiger partial charge in [-0.1, -0.05) is 0 Å². The van der Waals surface area contributed by atoms with Crippen LogP contribution in [0.3, 0.4) is 0 Å². The molecular formula is C9H14O2S. The lowest BCUT2D eigenvalue weighted by molar-refractivity contribution is 0.146. The third-order valence-corrected chi connectivity index (χ3v) is 2.49. The second-order valence-corrected chi connectivity index (χ2v) is 4.08. The molecule has 68 valence electrons. The van der Waals surface area contributed by atoms with Crippen molar-refractivity contribution in [3.05, 3.63) is 15.8 Å². The van der Waals surface area contributed by atoms with Crippen LogP contribution in [0.15, 0.2) is 6.07 Å². The Morgan fingerprint density at radius 1 is 1.33 bits per heavy atom. The molecule has 3 heteroatoms. The number of ether oxygens (including phenoxy) is 2. The minimum absolute atomic E-state index is 0.632. The number of rotatable bonds is 4. The molecule has 0 saturated heterocycles. The van der Waals surface area contributed by atoms with Crippen LogP contribution < -0.4 is 4.74 Å². The number of methoxy groups -OCH3 is 1. The van der Waals surface area contributed by atoms with Crippen LogP contribution in [0, 0.1) is 13.8 Å². The molecule has 0 aliphatic carbocycles. The number of hydrogen-bond donors (Lipinski definition) is 0. The monoisotopic (exact) mass is 186 g/mol. The van der Waals surface area contributed by atoms with Crippen LogP contribution in [0.2, 0.25) is 0 Å². The molecule has 1 rings (SSSR count). The molecule has 1 aromatic rings. The van der Waals surface area contributed by atoms with Crippen LogP contribution in [0.5, 0.6) is 5.75 Å². The SMILES string of the molecule is COCCOc1cc(C)sc1C. The van der Waals surface area contributed by atoms with E-state index in [1.165, 1.54) is 9.75 Å². The number of aryl methyl sites for hydroxylation is 2. The lowest BCUT2D eigenvalue weighted by Crippen LogP contribution is -2.03. The third-order valence-electron chi connectivity index (χ3n) is 1.54. The Hall–Kier alpha value is -0.540. The Morgan fingerprint density at radius 2 is 2.08 bits per heavy atom. The molecule has 1 aromatic heterocycles. The van der Waals surface area contributed by atoms with E-state index < -0.39 is 0 Å². The van der Waals surface area contributed by atoms with Crippen LogP contribution in [0.4, 0.5) is 0 Å². The first-order valence-electron chi connectivity index (χ1n) is 3.93. The lowest BCUT2D eigenvalue weighted by atomic mass is 10.4. The van der Waals surface area contributed by atoms with E-state index in [9.17, 15) is 0 Å². The zero-order chi connectivity index (χ0) is 8.97. The molecular weight excluding hydrogens is 172 g/mol. The fraction of sp³-hybridized carbons (Fsp3) is 0.556. The van der Waals surface area contributed by atoms with Gasteiger partial charge in [0, 0.05) is 16.9 Å². The number of thiophene rings is 1. The van der Waals surface area contributed by atoms with Crippen molar-refractivity contribution in [2.24, 2.45) is 0 Å². The van der Waals surface area contributed by atoms with Gasteiger partial charge in [-0.25, -0.2) is 0 Å². The minimum Gasteiger partial charge on any atom is -0.490 e. The fourth-order valence-corrected chi connectivity index (χ4v) is 1.85. The second-order valence-electron chi connectivity index (χ2n) is 2.62. The van der Waals surface area contributed by atoms with E-state index in [1.54, 1.807) is 18.4 Å². The maximum absolute atomic E-state index is 5.48. The Balaban J connectivity index is 2.45. The van der Waals surface area contributed by atoms with Gasteiger partial charge in [0.25, 0.3) is 0 Å². The summed E-state index contributed by atoms with van der Waals surface area (Å²) in [4.78, 5) is 2.53. The Morgan fingerprint density at radius 3 is 2.58 bits per heavy atom. The summed E-state index contributed by atoms with van der Waals surface area (Å²) in [5.74, 6) is 0.995. The smallest absolute Gasteiger partial charge is 0.133 e. The van der Waals surface area contributed by atoms with Crippen molar-refractivity contribution in [1.29, 1.82) is 0 Å². The van der Waals surface area contributed by atoms with Crippen LogP contribution in [0.1, 0.15) is 9.75 Å². The summed E-state index contributed by atoms with van der Waals surface area (Å²) in [6.07, 6.45) is 0. The van der Waals surface area contributed by atoms with Gasteiger partial charge in [0.15, 0.2) is 0 Å².